The van der Waals surface area contributed by atoms with Crippen molar-refractivity contribution in [3.05, 3.63) is 52.2 Å². The van der Waals surface area contributed by atoms with Gasteiger partial charge >= 0.3 is 0 Å². The summed E-state index contributed by atoms with van der Waals surface area (Å²) < 4.78 is 2.96. The lowest BCUT2D eigenvalue weighted by Gasteiger charge is -2.19. The van der Waals surface area contributed by atoms with E-state index in [0.717, 1.165) is 0 Å². The van der Waals surface area contributed by atoms with Crippen molar-refractivity contribution < 1.29 is 4.79 Å². The third-order valence-corrected chi connectivity index (χ3v) is 3.85. The molecule has 130 valence electrons. The molecule has 3 aromatic rings. The van der Waals surface area contributed by atoms with Gasteiger partial charge in [-0.2, -0.15) is 5.10 Å². The van der Waals surface area contributed by atoms with Crippen molar-refractivity contribution >= 4 is 34.2 Å². The number of rotatable bonds is 3. The zero-order valence-corrected chi connectivity index (χ0v) is 14.9. The van der Waals surface area contributed by atoms with Gasteiger partial charge in [-0.05, 0) is 39.0 Å². The molecule has 0 aliphatic rings. The number of hydrogen-bond acceptors (Lipinski definition) is 4. The molecule has 7 nitrogen and oxygen atoms in total. The van der Waals surface area contributed by atoms with E-state index < -0.39 is 0 Å². The van der Waals surface area contributed by atoms with Crippen LogP contribution in [0.2, 0.25) is 5.02 Å². The molecular weight excluding hydrogens is 342 g/mol. The Morgan fingerprint density at radius 1 is 1.32 bits per heavy atom. The van der Waals surface area contributed by atoms with Gasteiger partial charge in [-0.15, -0.1) is 0 Å². The van der Waals surface area contributed by atoms with Crippen molar-refractivity contribution in [2.75, 3.05) is 5.32 Å². The summed E-state index contributed by atoms with van der Waals surface area (Å²) in [5.74, 6) is -0.339. The van der Waals surface area contributed by atoms with Crippen LogP contribution in [0.3, 0.4) is 0 Å². The first kappa shape index (κ1) is 17.2. The molecule has 0 spiro atoms. The predicted octanol–water partition coefficient (Wildman–Crippen LogP) is 2.64. The van der Waals surface area contributed by atoms with E-state index in [1.165, 1.54) is 17.1 Å². The van der Waals surface area contributed by atoms with Crippen LogP contribution < -0.4 is 10.9 Å². The fraction of sp³-hybridized carbons (Fsp3) is 0.294. The Hall–Kier alpha value is -2.67. The van der Waals surface area contributed by atoms with E-state index in [1.54, 1.807) is 28.9 Å². The maximum absolute atomic E-state index is 12.6. The van der Waals surface area contributed by atoms with Crippen LogP contribution >= 0.6 is 11.6 Å². The van der Waals surface area contributed by atoms with Crippen LogP contribution in [-0.2, 0) is 16.9 Å². The van der Waals surface area contributed by atoms with E-state index in [4.69, 9.17) is 11.6 Å². The number of aromatic nitrogens is 4. The SMILES string of the molecule is CC(C)(C)n1ncc2c(=O)n(CC(=O)Nc3cccc(Cl)c3)cnc21. The predicted molar refractivity (Wildman–Crippen MR) is 96.9 cm³/mol. The number of carbonyl (C=O) groups excluding carboxylic acids is 1. The molecular formula is C17H18ClN5O2. The van der Waals surface area contributed by atoms with Gasteiger partial charge in [0.25, 0.3) is 5.56 Å². The zero-order valence-electron chi connectivity index (χ0n) is 14.2. The summed E-state index contributed by atoms with van der Waals surface area (Å²) in [6.45, 7) is 5.79. The maximum Gasteiger partial charge on any atom is 0.264 e. The maximum atomic E-state index is 12.6. The van der Waals surface area contributed by atoms with Crippen LogP contribution in [0.5, 0.6) is 0 Å². The highest BCUT2D eigenvalue weighted by atomic mass is 35.5. The lowest BCUT2D eigenvalue weighted by atomic mass is 10.1. The molecule has 0 saturated carbocycles. The Labute approximate surface area is 149 Å². The Kier molecular flexibility index (Phi) is 4.34. The van der Waals surface area contributed by atoms with E-state index in [0.29, 0.717) is 21.7 Å². The third kappa shape index (κ3) is 3.56. The average Bonchev–Trinajstić information content (AvgIpc) is 2.95. The zero-order chi connectivity index (χ0) is 18.2. The van der Waals surface area contributed by atoms with Crippen LogP contribution in [-0.4, -0.2) is 25.2 Å². The molecule has 0 atom stereocenters. The summed E-state index contributed by atoms with van der Waals surface area (Å²) in [5.41, 5.74) is 0.475. The molecule has 0 aliphatic carbocycles. The molecule has 1 aromatic carbocycles. The van der Waals surface area contributed by atoms with Gasteiger partial charge < -0.3 is 5.32 Å². The fourth-order valence-electron chi connectivity index (χ4n) is 2.47. The van der Waals surface area contributed by atoms with Gasteiger partial charge in [0.2, 0.25) is 5.91 Å². The smallest absolute Gasteiger partial charge is 0.264 e. The minimum Gasteiger partial charge on any atom is -0.324 e. The van der Waals surface area contributed by atoms with Gasteiger partial charge in [-0.25, -0.2) is 9.67 Å². The summed E-state index contributed by atoms with van der Waals surface area (Å²) >= 11 is 5.89. The normalized spacial score (nSPS) is 11.7. The number of halogens is 1. The lowest BCUT2D eigenvalue weighted by Crippen LogP contribution is -2.29. The molecule has 8 heteroatoms. The number of hydrogen-bond donors (Lipinski definition) is 1. The number of amides is 1. The summed E-state index contributed by atoms with van der Waals surface area (Å²) in [7, 11) is 0. The summed E-state index contributed by atoms with van der Waals surface area (Å²) in [6, 6.07) is 6.81. The van der Waals surface area contributed by atoms with Crippen molar-refractivity contribution in [3.63, 3.8) is 0 Å². The number of anilines is 1. The Morgan fingerprint density at radius 2 is 2.08 bits per heavy atom. The topological polar surface area (TPSA) is 81.8 Å². The van der Waals surface area contributed by atoms with E-state index in [9.17, 15) is 9.59 Å². The van der Waals surface area contributed by atoms with Gasteiger partial charge in [-0.1, -0.05) is 17.7 Å². The van der Waals surface area contributed by atoms with Crippen LogP contribution in [0.1, 0.15) is 20.8 Å². The van der Waals surface area contributed by atoms with Gasteiger partial charge in [0, 0.05) is 10.7 Å². The molecule has 0 fully saturated rings. The molecule has 25 heavy (non-hydrogen) atoms. The highest BCUT2D eigenvalue weighted by Crippen LogP contribution is 2.18. The van der Waals surface area contributed by atoms with Crippen molar-refractivity contribution in [2.24, 2.45) is 0 Å². The highest BCUT2D eigenvalue weighted by Gasteiger charge is 2.20. The molecule has 0 unspecified atom stereocenters. The van der Waals surface area contributed by atoms with Crippen molar-refractivity contribution in [1.29, 1.82) is 0 Å². The second-order valence-corrected chi connectivity index (χ2v) is 7.14. The molecule has 3 rings (SSSR count). The second-order valence-electron chi connectivity index (χ2n) is 6.70. The molecule has 0 bridgehead atoms. The van der Waals surface area contributed by atoms with E-state index in [1.807, 2.05) is 20.8 Å². The summed E-state index contributed by atoms with van der Waals surface area (Å²) in [4.78, 5) is 29.1. The molecule has 1 N–H and O–H groups in total. The van der Waals surface area contributed by atoms with E-state index in [-0.39, 0.29) is 23.6 Å². The highest BCUT2D eigenvalue weighted by molar-refractivity contribution is 6.30. The van der Waals surface area contributed by atoms with E-state index in [2.05, 4.69) is 15.4 Å². The minimum absolute atomic E-state index is 0.144. The monoisotopic (exact) mass is 359 g/mol. The minimum atomic E-state index is -0.339. The second kappa shape index (κ2) is 6.33. The van der Waals surface area contributed by atoms with Crippen LogP contribution in [0, 0.1) is 0 Å². The Balaban J connectivity index is 1.86. The molecule has 0 radical (unpaired) electrons. The van der Waals surface area contributed by atoms with Crippen molar-refractivity contribution in [3.8, 4) is 0 Å². The average molecular weight is 360 g/mol. The van der Waals surface area contributed by atoms with Crippen LogP contribution in [0.25, 0.3) is 11.0 Å². The first-order valence-electron chi connectivity index (χ1n) is 7.75. The lowest BCUT2D eigenvalue weighted by molar-refractivity contribution is -0.116. The first-order chi connectivity index (χ1) is 11.8. The number of nitrogens with zero attached hydrogens (tertiary/aromatic N) is 4. The Bertz CT molecular complexity index is 1000. The Morgan fingerprint density at radius 3 is 2.76 bits per heavy atom. The molecule has 2 heterocycles. The number of nitrogens with one attached hydrogen (secondary N) is 1. The van der Waals surface area contributed by atoms with Gasteiger partial charge in [-0.3, -0.25) is 14.2 Å². The van der Waals surface area contributed by atoms with Crippen LogP contribution in [0.4, 0.5) is 5.69 Å². The van der Waals surface area contributed by atoms with Crippen molar-refractivity contribution in [2.45, 2.75) is 32.9 Å². The van der Waals surface area contributed by atoms with Gasteiger partial charge in [0.15, 0.2) is 5.65 Å². The van der Waals surface area contributed by atoms with Crippen LogP contribution in [0.15, 0.2) is 41.6 Å². The number of fused-ring (bicyclic) bond motifs is 1. The summed E-state index contributed by atoms with van der Waals surface area (Å²) in [5, 5.41) is 7.86. The fourth-order valence-corrected chi connectivity index (χ4v) is 2.66. The number of benzene rings is 1. The van der Waals surface area contributed by atoms with Gasteiger partial charge in [0.05, 0.1) is 11.7 Å². The standard InChI is InChI=1S/C17H18ClN5O2/c1-17(2,3)23-15-13(8-20-23)16(25)22(10-19-15)9-14(24)21-12-6-4-5-11(18)7-12/h4-8,10H,9H2,1-3H3,(H,21,24). The molecule has 2 aromatic heterocycles. The first-order valence-corrected chi connectivity index (χ1v) is 8.12. The van der Waals surface area contributed by atoms with Gasteiger partial charge in [0.1, 0.15) is 18.3 Å². The van der Waals surface area contributed by atoms with Crippen molar-refractivity contribution in [1.82, 2.24) is 19.3 Å². The summed E-state index contributed by atoms with van der Waals surface area (Å²) in [6.07, 6.45) is 2.85. The molecule has 0 aliphatic heterocycles. The largest absolute Gasteiger partial charge is 0.324 e. The quantitative estimate of drug-likeness (QED) is 0.779. The molecule has 1 amide bonds. The van der Waals surface area contributed by atoms with E-state index >= 15 is 0 Å². The third-order valence-electron chi connectivity index (χ3n) is 3.61. The number of carbonyl (C=O) groups is 1. The molecule has 0 saturated heterocycles.